The molecule has 1 saturated carbocycles. The van der Waals surface area contributed by atoms with Crippen LogP contribution < -0.4 is 42.5 Å². The number of carbonyl (C=O) groups excluding carboxylic acids is 9. The van der Waals surface area contributed by atoms with Gasteiger partial charge in [-0.3, -0.25) is 52.2 Å². The average molecular weight is 1460 g/mol. The van der Waals surface area contributed by atoms with E-state index >= 15 is 0 Å². The lowest BCUT2D eigenvalue weighted by atomic mass is 9.79. The Morgan fingerprint density at radius 2 is 0.850 bits per heavy atom. The van der Waals surface area contributed by atoms with Crippen LogP contribution in [0.25, 0.3) is 0 Å². The zero-order valence-corrected chi connectivity index (χ0v) is 59.1. The van der Waals surface area contributed by atoms with Gasteiger partial charge in [-0.1, -0.05) is 12.8 Å². The molecule has 2 aliphatic heterocycles. The van der Waals surface area contributed by atoms with E-state index in [9.17, 15) is 98.6 Å². The van der Waals surface area contributed by atoms with Crippen molar-refractivity contribution in [1.82, 2.24) is 42.5 Å². The third kappa shape index (κ3) is 34.5. The number of hydrogen-bond acceptors (Lipinski definition) is 26. The van der Waals surface area contributed by atoms with Gasteiger partial charge in [-0.15, -0.1) is 0 Å². The minimum Gasteiger partial charge on any atom is -0.396 e. The molecule has 3 fully saturated rings. The second-order valence-electron chi connectivity index (χ2n) is 25.6. The molecule has 2 heterocycles. The Kier molecular flexibility index (Phi) is 44.2. The molecule has 18 atom stereocenters. The number of phosphoric ester groups is 1. The van der Waals surface area contributed by atoms with Crippen molar-refractivity contribution in [3.63, 3.8) is 0 Å². The van der Waals surface area contributed by atoms with Crippen LogP contribution in [0.4, 0.5) is 0 Å². The van der Waals surface area contributed by atoms with Crippen molar-refractivity contribution >= 4 is 60.9 Å². The number of ether oxygens (including phenoxy) is 5. The van der Waals surface area contributed by atoms with Gasteiger partial charge < -0.3 is 117 Å². The van der Waals surface area contributed by atoms with Crippen molar-refractivity contribution in [2.45, 2.75) is 273 Å². The van der Waals surface area contributed by atoms with Gasteiger partial charge in [-0.25, -0.2) is 4.57 Å². The smallest absolute Gasteiger partial charge is 0.396 e. The van der Waals surface area contributed by atoms with Gasteiger partial charge in [-0.05, 0) is 109 Å². The summed E-state index contributed by atoms with van der Waals surface area (Å²) in [5, 5.41) is 114. The van der Waals surface area contributed by atoms with E-state index in [-0.39, 0.29) is 121 Å². The minimum absolute atomic E-state index is 0.0114. The molecule has 3 aliphatic rings. The molecule has 36 heteroatoms. The molecule has 0 aromatic rings. The predicted molar refractivity (Wildman–Crippen MR) is 354 cm³/mol. The zero-order chi connectivity index (χ0) is 74.2. The van der Waals surface area contributed by atoms with E-state index in [0.29, 0.717) is 96.4 Å². The number of hydrogen-bond donors (Lipinski definition) is 18. The number of aliphatic hydroxyl groups excluding tert-OH is 9. The third-order valence-electron chi connectivity index (χ3n) is 17.3. The standard InChI is InChI=1S/C64H115N8O27P/c1-39(76)68-53-46(35-42(36-73)56(84)59(53)87)94-31-18-13-27-52(83)71-44(22-10-16-30-67-51(82)26-12-20-33-96-64-55(70-41(3)78)61(89)58(86)48(38-75)99-64)62(90)72-43(45(79)23-7-8-24-49(80)65-28-14-5-6-17-34-97-100(91,92)93-4)21-9-15-29-66-50(81)25-11-19-32-95-63-54(69-40(2)77)60(88)57(85)47(37-74)98-63/h42-44,46-48,53-61,63-64,73-75,84-89H,5-38H2,1-4H3,(H,65,80)(H,66,81)(H,67,82)(H,68,76)(H,69,77)(H,70,78)(H,71,83)(H,72,90)(H,91,92)/t42-,43+,44+,46-,47-,48-,53+,54-,55-,56+,57+,58+,59-,60-,61-,63-,64-/m1/s1. The number of unbranched alkanes of at least 4 members (excludes halogenated alkanes) is 9. The van der Waals surface area contributed by atoms with Gasteiger partial charge in [0.1, 0.15) is 60.9 Å². The fourth-order valence-corrected chi connectivity index (χ4v) is 12.1. The Morgan fingerprint density at radius 1 is 0.450 bits per heavy atom. The first-order chi connectivity index (χ1) is 47.7. The summed E-state index contributed by atoms with van der Waals surface area (Å²) in [5.41, 5.74) is 0. The summed E-state index contributed by atoms with van der Waals surface area (Å²) in [6, 6.07) is -5.40. The van der Waals surface area contributed by atoms with Crippen molar-refractivity contribution in [3.05, 3.63) is 0 Å². The highest BCUT2D eigenvalue weighted by Gasteiger charge is 2.47. The normalized spacial score (nSPS) is 26.4. The number of amides is 8. The van der Waals surface area contributed by atoms with Crippen LogP contribution in [0.5, 0.6) is 0 Å². The first-order valence-electron chi connectivity index (χ1n) is 35.0. The Balaban J connectivity index is 1.65. The van der Waals surface area contributed by atoms with Crippen molar-refractivity contribution in [2.75, 3.05) is 73.0 Å². The number of aliphatic hydroxyl groups is 9. The highest BCUT2D eigenvalue weighted by molar-refractivity contribution is 7.47. The van der Waals surface area contributed by atoms with E-state index < -0.39 is 161 Å². The number of Topliss-reactive ketones (excluding diaryl/α,β-unsaturated/α-hetero) is 1. The summed E-state index contributed by atoms with van der Waals surface area (Å²) in [6.45, 7) is 3.05. The summed E-state index contributed by atoms with van der Waals surface area (Å²) < 4.78 is 49.3. The molecule has 35 nitrogen and oxygen atoms in total. The highest BCUT2D eigenvalue weighted by atomic mass is 31.2. The highest BCUT2D eigenvalue weighted by Crippen LogP contribution is 2.42. The fourth-order valence-electron chi connectivity index (χ4n) is 11.7. The van der Waals surface area contributed by atoms with Crippen LogP contribution in [0.3, 0.4) is 0 Å². The molecule has 0 radical (unpaired) electrons. The molecule has 100 heavy (non-hydrogen) atoms. The SMILES string of the molecule is COP(=O)(O)OCCCCCCNC(=O)CCCCC(=O)[C@H](CCCCNC(=O)CCCCO[C@@H]1O[C@H](CO)[C@H](O)[C@H](O)[C@H]1NC(C)=O)NC(=O)[C@H](CCCCNC(=O)CCCCO[C@@H]1O[C@H](CO)[C@H](O)[C@H](O)[C@H]1NC(C)=O)NC(=O)CCCCO[C@@H]1C[C@H](CO)[C@H](O)[C@H](O)[C@H]1NC(C)=O. The van der Waals surface area contributed by atoms with E-state index in [4.69, 9.17) is 28.2 Å². The molecular formula is C64H115N8O27P. The lowest BCUT2D eigenvalue weighted by Crippen LogP contribution is -2.64. The molecule has 0 aromatic carbocycles. The molecule has 3 rings (SSSR count). The van der Waals surface area contributed by atoms with Gasteiger partial charge in [0, 0.05) is 112 Å². The van der Waals surface area contributed by atoms with E-state index in [1.807, 2.05) is 0 Å². The van der Waals surface area contributed by atoms with Crippen LogP contribution in [0.15, 0.2) is 0 Å². The lowest BCUT2D eigenvalue weighted by Gasteiger charge is -2.42. The molecular weight excluding hydrogens is 1340 g/mol. The van der Waals surface area contributed by atoms with Gasteiger partial charge in [0.25, 0.3) is 0 Å². The first-order valence-corrected chi connectivity index (χ1v) is 36.5. The van der Waals surface area contributed by atoms with Gasteiger partial charge >= 0.3 is 7.82 Å². The van der Waals surface area contributed by atoms with Crippen LogP contribution in [0.1, 0.15) is 175 Å². The molecule has 0 bridgehead atoms. The second kappa shape index (κ2) is 49.6. The summed E-state index contributed by atoms with van der Waals surface area (Å²) in [7, 11) is -2.98. The van der Waals surface area contributed by atoms with Gasteiger partial charge in [0.05, 0.1) is 44.1 Å². The van der Waals surface area contributed by atoms with Gasteiger partial charge in [0.15, 0.2) is 18.4 Å². The topological polar surface area (TPSA) is 534 Å². The predicted octanol–water partition coefficient (Wildman–Crippen LogP) is -2.85. The number of carbonyl (C=O) groups is 9. The van der Waals surface area contributed by atoms with Gasteiger partial charge in [-0.2, -0.15) is 0 Å². The maximum Gasteiger partial charge on any atom is 0.471 e. The molecule has 8 amide bonds. The third-order valence-corrected chi connectivity index (χ3v) is 18.3. The number of ketones is 1. The van der Waals surface area contributed by atoms with E-state index in [0.717, 1.165) is 13.5 Å². The maximum absolute atomic E-state index is 14.4. The first kappa shape index (κ1) is 89.2. The summed E-state index contributed by atoms with van der Waals surface area (Å²) >= 11 is 0. The molecule has 1 aliphatic carbocycles. The Hall–Kier alpha value is -5.02. The molecule has 2 saturated heterocycles. The second-order valence-corrected chi connectivity index (χ2v) is 27.1. The van der Waals surface area contributed by atoms with Crippen LogP contribution in [0, 0.1) is 5.92 Å². The van der Waals surface area contributed by atoms with Gasteiger partial charge in [0.2, 0.25) is 47.3 Å². The minimum atomic E-state index is -4.05. The van der Waals surface area contributed by atoms with Crippen LogP contribution in [-0.4, -0.2) is 275 Å². The molecule has 18 N–H and O–H groups in total. The van der Waals surface area contributed by atoms with Crippen LogP contribution in [0.2, 0.25) is 0 Å². The van der Waals surface area contributed by atoms with E-state index in [2.05, 4.69) is 47.1 Å². The lowest BCUT2D eigenvalue weighted by molar-refractivity contribution is -0.270. The number of phosphoric acid groups is 1. The maximum atomic E-state index is 14.4. The average Bonchev–Trinajstić information content (AvgIpc) is 0.824. The monoisotopic (exact) mass is 1460 g/mol. The zero-order valence-electron chi connectivity index (χ0n) is 58.2. The Labute approximate surface area is 584 Å². The molecule has 0 aromatic heterocycles. The van der Waals surface area contributed by atoms with Crippen molar-refractivity contribution in [1.29, 1.82) is 0 Å². The van der Waals surface area contributed by atoms with Crippen molar-refractivity contribution in [3.8, 4) is 0 Å². The number of rotatable bonds is 52. The molecule has 1 unspecified atom stereocenters. The molecule has 578 valence electrons. The summed E-state index contributed by atoms with van der Waals surface area (Å²) in [5.74, 6) is -4.48. The van der Waals surface area contributed by atoms with Crippen molar-refractivity contribution < 1.29 is 131 Å². The number of nitrogens with one attached hydrogen (secondary N) is 8. The summed E-state index contributed by atoms with van der Waals surface area (Å²) in [4.78, 5) is 126. The largest absolute Gasteiger partial charge is 0.471 e. The molecule has 0 spiro atoms. The van der Waals surface area contributed by atoms with Crippen LogP contribution in [-0.2, 0) is 80.4 Å². The van der Waals surface area contributed by atoms with Crippen LogP contribution >= 0.6 is 7.82 Å². The Morgan fingerprint density at radius 3 is 1.31 bits per heavy atom. The summed E-state index contributed by atoms with van der Waals surface area (Å²) in [6.07, 6.45) is -6.78. The van der Waals surface area contributed by atoms with Crippen molar-refractivity contribution in [2.24, 2.45) is 5.92 Å². The van der Waals surface area contributed by atoms with E-state index in [1.165, 1.54) is 20.8 Å². The van der Waals surface area contributed by atoms with E-state index in [1.54, 1.807) is 0 Å². The quantitative estimate of drug-likeness (QED) is 0.0215. The Bertz CT molecular complexity index is 2500. The fraction of sp³-hybridized carbons (Fsp3) is 0.859.